The maximum Gasteiger partial charge on any atom is 0.282 e. The number of carbonyl (C=O) groups is 1. The van der Waals surface area contributed by atoms with Gasteiger partial charge < -0.3 is 20.2 Å². The zero-order valence-electron chi connectivity index (χ0n) is 14.5. The predicted molar refractivity (Wildman–Crippen MR) is 95.5 cm³/mol. The molecule has 0 aromatic heterocycles. The number of hydrogen-bond donors (Lipinski definition) is 3. The first kappa shape index (κ1) is 18.1. The molecular weight excluding hydrogens is 340 g/mol. The number of hydrogen-bond acceptors (Lipinski definition) is 3. The lowest BCUT2D eigenvalue weighted by Crippen LogP contribution is -3.19. The van der Waals surface area contributed by atoms with E-state index in [0.29, 0.717) is 26.2 Å². The number of rotatable bonds is 4. The van der Waals surface area contributed by atoms with Crippen LogP contribution >= 0.6 is 0 Å². The Labute approximate surface area is 150 Å². The highest BCUT2D eigenvalue weighted by atomic mass is 19.1. The second-order valence-corrected chi connectivity index (χ2v) is 6.47. The van der Waals surface area contributed by atoms with Crippen LogP contribution in [-0.4, -0.2) is 43.2 Å². The standard InChI is InChI=1S/C19H21F2N3O2/c1-13(19(26)22-16-12-14(20)6-7-15(16)21)23-8-10-24(11-9-23)17-4-2-3-5-18(17)25/h2-7,12-13,25H,8-11H2,1H3,(H,22,26)/p+1/t13-/m1/s1. The number of nitrogens with zero attached hydrogens (tertiary/aromatic N) is 1. The summed E-state index contributed by atoms with van der Waals surface area (Å²) in [7, 11) is 0. The number of anilines is 2. The van der Waals surface area contributed by atoms with Crippen LogP contribution in [0.4, 0.5) is 20.2 Å². The molecule has 0 saturated carbocycles. The van der Waals surface area contributed by atoms with E-state index in [9.17, 15) is 18.7 Å². The molecule has 3 rings (SSSR count). The molecule has 0 radical (unpaired) electrons. The number of benzene rings is 2. The molecule has 2 aromatic carbocycles. The molecule has 0 bridgehead atoms. The van der Waals surface area contributed by atoms with Gasteiger partial charge in [0, 0.05) is 6.07 Å². The Morgan fingerprint density at radius 2 is 1.88 bits per heavy atom. The quantitative estimate of drug-likeness (QED) is 0.771. The molecule has 1 fully saturated rings. The summed E-state index contributed by atoms with van der Waals surface area (Å²) in [5.74, 6) is -1.37. The Morgan fingerprint density at radius 3 is 2.58 bits per heavy atom. The van der Waals surface area contributed by atoms with E-state index in [1.807, 2.05) is 12.1 Å². The number of phenols is 1. The number of halogens is 2. The molecule has 0 aliphatic carbocycles. The number of phenolic OH excluding ortho intramolecular Hbond substituents is 1. The van der Waals surface area contributed by atoms with E-state index < -0.39 is 17.7 Å². The van der Waals surface area contributed by atoms with Gasteiger partial charge in [-0.1, -0.05) is 12.1 Å². The minimum Gasteiger partial charge on any atom is -0.506 e. The van der Waals surface area contributed by atoms with Crippen molar-refractivity contribution in [1.82, 2.24) is 0 Å². The van der Waals surface area contributed by atoms with E-state index in [4.69, 9.17) is 0 Å². The van der Waals surface area contributed by atoms with Gasteiger partial charge in [-0.25, -0.2) is 8.78 Å². The maximum atomic E-state index is 13.7. The smallest absolute Gasteiger partial charge is 0.282 e. The van der Waals surface area contributed by atoms with Gasteiger partial charge in [0.25, 0.3) is 5.91 Å². The maximum absolute atomic E-state index is 13.7. The van der Waals surface area contributed by atoms with E-state index in [0.717, 1.165) is 28.8 Å². The molecule has 1 heterocycles. The summed E-state index contributed by atoms with van der Waals surface area (Å²) < 4.78 is 26.9. The van der Waals surface area contributed by atoms with Crippen molar-refractivity contribution in [3.05, 3.63) is 54.1 Å². The van der Waals surface area contributed by atoms with Crippen LogP contribution in [0.2, 0.25) is 0 Å². The SMILES string of the molecule is C[C@H](C(=O)Nc1cc(F)ccc1F)[NH+]1CCN(c2ccccc2O)CC1. The van der Waals surface area contributed by atoms with Crippen molar-refractivity contribution in [3.63, 3.8) is 0 Å². The lowest BCUT2D eigenvalue weighted by Gasteiger charge is -2.36. The van der Waals surface area contributed by atoms with Crippen LogP contribution < -0.4 is 15.1 Å². The first-order chi connectivity index (χ1) is 12.5. The van der Waals surface area contributed by atoms with Crippen LogP contribution in [0.25, 0.3) is 0 Å². The Morgan fingerprint density at radius 1 is 1.19 bits per heavy atom. The van der Waals surface area contributed by atoms with Crippen molar-refractivity contribution in [2.24, 2.45) is 0 Å². The zero-order chi connectivity index (χ0) is 18.7. The molecule has 1 aliphatic rings. The molecular formula is C19H22F2N3O2+. The highest BCUT2D eigenvalue weighted by molar-refractivity contribution is 5.93. The highest BCUT2D eigenvalue weighted by Gasteiger charge is 2.30. The third-order valence-corrected chi connectivity index (χ3v) is 4.82. The fourth-order valence-corrected chi connectivity index (χ4v) is 3.22. The summed E-state index contributed by atoms with van der Waals surface area (Å²) in [6.45, 7) is 4.57. The summed E-state index contributed by atoms with van der Waals surface area (Å²) in [5, 5.41) is 12.4. The van der Waals surface area contributed by atoms with E-state index in [1.165, 1.54) is 0 Å². The highest BCUT2D eigenvalue weighted by Crippen LogP contribution is 2.26. The Bertz CT molecular complexity index is 792. The van der Waals surface area contributed by atoms with Gasteiger partial charge in [0.1, 0.15) is 17.4 Å². The number of carbonyl (C=O) groups excluding carboxylic acids is 1. The third-order valence-electron chi connectivity index (χ3n) is 4.82. The van der Waals surface area contributed by atoms with Crippen molar-refractivity contribution in [1.29, 1.82) is 0 Å². The van der Waals surface area contributed by atoms with Gasteiger partial charge in [0.05, 0.1) is 37.6 Å². The zero-order valence-corrected chi connectivity index (χ0v) is 14.5. The van der Waals surface area contributed by atoms with Gasteiger partial charge >= 0.3 is 0 Å². The molecule has 0 unspecified atom stereocenters. The Kier molecular flexibility index (Phi) is 5.37. The molecule has 1 aliphatic heterocycles. The topological polar surface area (TPSA) is 57.0 Å². The first-order valence-corrected chi connectivity index (χ1v) is 8.59. The fourth-order valence-electron chi connectivity index (χ4n) is 3.22. The first-order valence-electron chi connectivity index (χ1n) is 8.59. The van der Waals surface area contributed by atoms with Gasteiger partial charge in [-0.3, -0.25) is 4.79 Å². The number of nitrogens with one attached hydrogen (secondary N) is 2. The predicted octanol–water partition coefficient (Wildman–Crippen LogP) is 1.40. The number of amides is 1. The van der Waals surface area contributed by atoms with Crippen LogP contribution in [0.3, 0.4) is 0 Å². The van der Waals surface area contributed by atoms with E-state index >= 15 is 0 Å². The van der Waals surface area contributed by atoms with Crippen molar-refractivity contribution in [3.8, 4) is 5.75 Å². The Balaban J connectivity index is 1.59. The molecule has 138 valence electrons. The summed E-state index contributed by atoms with van der Waals surface area (Å²) >= 11 is 0. The average Bonchev–Trinajstić information content (AvgIpc) is 2.64. The van der Waals surface area contributed by atoms with Crippen molar-refractivity contribution in [2.45, 2.75) is 13.0 Å². The molecule has 3 N–H and O–H groups in total. The summed E-state index contributed by atoms with van der Waals surface area (Å²) in [6, 6.07) is 9.75. The summed E-state index contributed by atoms with van der Waals surface area (Å²) in [4.78, 5) is 15.5. The van der Waals surface area contributed by atoms with Crippen molar-refractivity contribution < 1.29 is 23.6 Å². The normalized spacial score (nSPS) is 16.3. The van der Waals surface area contributed by atoms with Crippen LogP contribution in [0.1, 0.15) is 6.92 Å². The van der Waals surface area contributed by atoms with Crippen molar-refractivity contribution >= 4 is 17.3 Å². The van der Waals surface area contributed by atoms with Gasteiger partial charge in [0.2, 0.25) is 0 Å². The van der Waals surface area contributed by atoms with Crippen molar-refractivity contribution in [2.75, 3.05) is 36.4 Å². The van der Waals surface area contributed by atoms with E-state index in [2.05, 4.69) is 10.2 Å². The van der Waals surface area contributed by atoms with E-state index in [-0.39, 0.29) is 17.3 Å². The number of piperazine rings is 1. The lowest BCUT2D eigenvalue weighted by molar-refractivity contribution is -0.914. The van der Waals surface area contributed by atoms with Gasteiger partial charge in [-0.2, -0.15) is 0 Å². The monoisotopic (exact) mass is 362 g/mol. The van der Waals surface area contributed by atoms with Crippen LogP contribution in [0.15, 0.2) is 42.5 Å². The lowest BCUT2D eigenvalue weighted by atomic mass is 10.2. The second-order valence-electron chi connectivity index (χ2n) is 6.47. The Hall–Kier alpha value is -2.67. The molecule has 1 saturated heterocycles. The van der Waals surface area contributed by atoms with Crippen LogP contribution in [0, 0.1) is 11.6 Å². The molecule has 0 spiro atoms. The molecule has 7 heteroatoms. The fraction of sp³-hybridized carbons (Fsp3) is 0.316. The van der Waals surface area contributed by atoms with Crippen LogP contribution in [-0.2, 0) is 4.79 Å². The minimum absolute atomic E-state index is 0.144. The largest absolute Gasteiger partial charge is 0.506 e. The number of para-hydroxylation sites is 2. The average molecular weight is 362 g/mol. The molecule has 2 aromatic rings. The van der Waals surface area contributed by atoms with Crippen LogP contribution in [0.5, 0.6) is 5.75 Å². The molecule has 26 heavy (non-hydrogen) atoms. The molecule has 1 amide bonds. The number of quaternary nitrogens is 1. The number of aromatic hydroxyl groups is 1. The van der Waals surface area contributed by atoms with Gasteiger partial charge in [-0.05, 0) is 31.2 Å². The van der Waals surface area contributed by atoms with E-state index in [1.54, 1.807) is 19.1 Å². The summed E-state index contributed by atoms with van der Waals surface area (Å²) in [6.07, 6.45) is 0. The second kappa shape index (κ2) is 7.70. The molecule has 5 nitrogen and oxygen atoms in total. The van der Waals surface area contributed by atoms with Gasteiger partial charge in [-0.15, -0.1) is 0 Å². The molecule has 1 atom stereocenters. The van der Waals surface area contributed by atoms with Gasteiger partial charge in [0.15, 0.2) is 6.04 Å². The summed E-state index contributed by atoms with van der Waals surface area (Å²) in [5.41, 5.74) is 0.639. The third kappa shape index (κ3) is 3.94. The minimum atomic E-state index is -0.661.